The lowest BCUT2D eigenvalue weighted by molar-refractivity contribution is -0.135. The number of ether oxygens (including phenoxy) is 2. The van der Waals surface area contributed by atoms with Crippen LogP contribution in [0.1, 0.15) is 50.5 Å². The van der Waals surface area contributed by atoms with Crippen LogP contribution in [0.15, 0.2) is 42.5 Å². The van der Waals surface area contributed by atoms with Gasteiger partial charge in [0.15, 0.2) is 0 Å². The van der Waals surface area contributed by atoms with Crippen LogP contribution in [-0.2, 0) is 14.3 Å². The molecule has 0 bridgehead atoms. The maximum absolute atomic E-state index is 13.6. The Morgan fingerprint density at radius 1 is 1.02 bits per heavy atom. The minimum Gasteiger partial charge on any atom is -0.449 e. The van der Waals surface area contributed by atoms with Gasteiger partial charge in [-0.05, 0) is 30.9 Å². The number of methoxy groups -OCH3 is 1. The highest BCUT2D eigenvalue weighted by Gasteiger charge is 2.33. The van der Waals surface area contributed by atoms with Crippen molar-refractivity contribution in [1.29, 1.82) is 0 Å². The summed E-state index contributed by atoms with van der Waals surface area (Å²) in [5, 5.41) is 2.97. The summed E-state index contributed by atoms with van der Waals surface area (Å²) in [7, 11) is 1.72. The summed E-state index contributed by atoms with van der Waals surface area (Å²) in [6.07, 6.45) is 2.50. The van der Waals surface area contributed by atoms with E-state index in [1.54, 1.807) is 23.0 Å². The third kappa shape index (κ3) is 7.75. The Hall–Kier alpha value is -3.66. The number of piperazine rings is 1. The number of carbonyl (C=O) groups excluding carboxylic acids is 3. The standard InChI is InChI=1S/C31H43N5O5/c1-5-6-18-41-31(39)35-16-14-34(15-17-35)30(38)28(22(2)3)33-29(37)27-20-24(36-13-12-25(21-36)40-4)19-26(32-27)23-10-8-7-9-11-23/h7-11,19-20,22,25,28H,5-6,12-18,21H2,1-4H3,(H,33,37)/t25-,28-/m0/s1. The maximum atomic E-state index is 13.6. The summed E-state index contributed by atoms with van der Waals surface area (Å²) in [6.45, 7) is 9.42. The van der Waals surface area contributed by atoms with Crippen LogP contribution in [-0.4, -0.2) is 97.8 Å². The highest BCUT2D eigenvalue weighted by atomic mass is 16.6. The fourth-order valence-corrected chi connectivity index (χ4v) is 5.16. The highest BCUT2D eigenvalue weighted by molar-refractivity contribution is 5.97. The van der Waals surface area contributed by atoms with Crippen LogP contribution in [0.25, 0.3) is 11.3 Å². The number of carbonyl (C=O) groups is 3. The molecular formula is C31H43N5O5. The predicted octanol–water partition coefficient (Wildman–Crippen LogP) is 3.81. The topological polar surface area (TPSA) is 104 Å². The smallest absolute Gasteiger partial charge is 0.409 e. The zero-order valence-electron chi connectivity index (χ0n) is 24.7. The first-order chi connectivity index (χ1) is 19.8. The quantitative estimate of drug-likeness (QED) is 0.437. The summed E-state index contributed by atoms with van der Waals surface area (Å²) in [5.74, 6) is -0.688. The van der Waals surface area contributed by atoms with Crippen LogP contribution in [0, 0.1) is 5.92 Å². The van der Waals surface area contributed by atoms with E-state index in [9.17, 15) is 14.4 Å². The van der Waals surface area contributed by atoms with Gasteiger partial charge in [0, 0.05) is 57.6 Å². The first-order valence-electron chi connectivity index (χ1n) is 14.7. The molecule has 2 aliphatic rings. The maximum Gasteiger partial charge on any atom is 0.409 e. The molecule has 0 radical (unpaired) electrons. The largest absolute Gasteiger partial charge is 0.449 e. The van der Waals surface area contributed by atoms with Gasteiger partial charge in [-0.3, -0.25) is 9.59 Å². The van der Waals surface area contributed by atoms with Crippen LogP contribution in [0.3, 0.4) is 0 Å². The van der Waals surface area contributed by atoms with Crippen LogP contribution in [0.5, 0.6) is 0 Å². The van der Waals surface area contributed by atoms with Crippen molar-refractivity contribution in [2.45, 2.75) is 52.2 Å². The number of unbranched alkanes of at least 4 members (excludes halogenated alkanes) is 1. The molecule has 222 valence electrons. The van der Waals surface area contributed by atoms with Gasteiger partial charge in [0.25, 0.3) is 5.91 Å². The Morgan fingerprint density at radius 3 is 2.37 bits per heavy atom. The first-order valence-corrected chi connectivity index (χ1v) is 14.7. The number of hydrogen-bond acceptors (Lipinski definition) is 7. The number of pyridine rings is 1. The number of hydrogen-bond donors (Lipinski definition) is 1. The molecule has 2 aliphatic heterocycles. The zero-order chi connectivity index (χ0) is 29.4. The summed E-state index contributed by atoms with van der Waals surface area (Å²) in [4.78, 5) is 49.8. The second-order valence-corrected chi connectivity index (χ2v) is 11.0. The first kappa shape index (κ1) is 30.3. The van der Waals surface area contributed by atoms with Gasteiger partial charge in [-0.1, -0.05) is 57.5 Å². The number of anilines is 1. The molecule has 41 heavy (non-hydrogen) atoms. The van der Waals surface area contributed by atoms with E-state index in [1.165, 1.54) is 0 Å². The third-order valence-corrected chi connectivity index (χ3v) is 7.75. The lowest BCUT2D eigenvalue weighted by Crippen LogP contribution is -2.57. The zero-order valence-corrected chi connectivity index (χ0v) is 24.7. The van der Waals surface area contributed by atoms with Crippen LogP contribution >= 0.6 is 0 Å². The van der Waals surface area contributed by atoms with Crippen LogP contribution in [0.2, 0.25) is 0 Å². The summed E-state index contributed by atoms with van der Waals surface area (Å²) < 4.78 is 10.9. The van der Waals surface area contributed by atoms with Gasteiger partial charge in [0.05, 0.1) is 18.4 Å². The molecular weight excluding hydrogens is 522 g/mol. The molecule has 10 nitrogen and oxygen atoms in total. The lowest BCUT2D eigenvalue weighted by atomic mass is 10.0. The van der Waals surface area contributed by atoms with Gasteiger partial charge >= 0.3 is 6.09 Å². The second-order valence-electron chi connectivity index (χ2n) is 11.0. The van der Waals surface area contributed by atoms with E-state index in [-0.39, 0.29) is 29.7 Å². The fourth-order valence-electron chi connectivity index (χ4n) is 5.16. The number of rotatable bonds is 10. The molecule has 2 aromatic rings. The molecule has 1 N–H and O–H groups in total. The minimum absolute atomic E-state index is 0.138. The Balaban J connectivity index is 1.47. The van der Waals surface area contributed by atoms with Crippen molar-refractivity contribution in [2.75, 3.05) is 57.9 Å². The van der Waals surface area contributed by atoms with Crippen molar-refractivity contribution in [1.82, 2.24) is 20.1 Å². The molecule has 1 aromatic carbocycles. The molecule has 0 saturated carbocycles. The molecule has 10 heteroatoms. The normalized spacial score (nSPS) is 18.0. The number of benzene rings is 1. The predicted molar refractivity (Wildman–Crippen MR) is 158 cm³/mol. The van der Waals surface area contributed by atoms with E-state index in [2.05, 4.69) is 10.2 Å². The Morgan fingerprint density at radius 2 is 1.73 bits per heavy atom. The molecule has 0 unspecified atom stereocenters. The van der Waals surface area contributed by atoms with E-state index in [0.717, 1.165) is 43.6 Å². The molecule has 2 fully saturated rings. The van der Waals surface area contributed by atoms with Crippen LogP contribution in [0.4, 0.5) is 10.5 Å². The Bertz CT molecular complexity index is 1180. The highest BCUT2D eigenvalue weighted by Crippen LogP contribution is 2.28. The summed E-state index contributed by atoms with van der Waals surface area (Å²) >= 11 is 0. The van der Waals surface area contributed by atoms with Crippen molar-refractivity contribution in [3.05, 3.63) is 48.2 Å². The van der Waals surface area contributed by atoms with Crippen molar-refractivity contribution < 1.29 is 23.9 Å². The lowest BCUT2D eigenvalue weighted by Gasteiger charge is -2.36. The molecule has 4 rings (SSSR count). The SMILES string of the molecule is CCCCOC(=O)N1CCN(C(=O)[C@@H](NC(=O)c2cc(N3CC[C@H](OC)C3)cc(-c3ccccc3)n2)C(C)C)CC1. The van der Waals surface area contributed by atoms with E-state index < -0.39 is 11.9 Å². The molecule has 2 saturated heterocycles. The molecule has 3 amide bonds. The van der Waals surface area contributed by atoms with E-state index >= 15 is 0 Å². The number of nitrogens with zero attached hydrogens (tertiary/aromatic N) is 4. The average molecular weight is 566 g/mol. The number of amides is 3. The molecule has 1 aromatic heterocycles. The van der Waals surface area contributed by atoms with Crippen molar-refractivity contribution in [3.8, 4) is 11.3 Å². The fraction of sp³-hybridized carbons (Fsp3) is 0.548. The summed E-state index contributed by atoms with van der Waals surface area (Å²) in [5.41, 5.74) is 2.77. The third-order valence-electron chi connectivity index (χ3n) is 7.75. The minimum atomic E-state index is -0.721. The monoisotopic (exact) mass is 565 g/mol. The summed E-state index contributed by atoms with van der Waals surface area (Å²) in [6, 6.07) is 12.8. The number of aromatic nitrogens is 1. The second kappa shape index (κ2) is 14.3. The molecule has 0 spiro atoms. The molecule has 0 aliphatic carbocycles. The van der Waals surface area contributed by atoms with Crippen LogP contribution < -0.4 is 10.2 Å². The van der Waals surface area contributed by atoms with Crippen molar-refractivity contribution >= 4 is 23.6 Å². The van der Waals surface area contributed by atoms with Gasteiger partial charge in [-0.2, -0.15) is 0 Å². The van der Waals surface area contributed by atoms with Gasteiger partial charge in [0.1, 0.15) is 11.7 Å². The Labute approximate surface area is 243 Å². The Kier molecular flexibility index (Phi) is 10.6. The van der Waals surface area contributed by atoms with E-state index in [0.29, 0.717) is 38.5 Å². The van der Waals surface area contributed by atoms with Crippen molar-refractivity contribution in [2.24, 2.45) is 5.92 Å². The van der Waals surface area contributed by atoms with Crippen molar-refractivity contribution in [3.63, 3.8) is 0 Å². The van der Waals surface area contributed by atoms with E-state index in [1.807, 2.05) is 57.2 Å². The average Bonchev–Trinajstić information content (AvgIpc) is 3.49. The molecule has 2 atom stereocenters. The van der Waals surface area contributed by atoms with Gasteiger partial charge in [-0.15, -0.1) is 0 Å². The molecule has 3 heterocycles. The van der Waals surface area contributed by atoms with Gasteiger partial charge in [0.2, 0.25) is 5.91 Å². The van der Waals surface area contributed by atoms with Gasteiger partial charge in [-0.25, -0.2) is 9.78 Å². The van der Waals surface area contributed by atoms with E-state index in [4.69, 9.17) is 14.5 Å². The van der Waals surface area contributed by atoms with Gasteiger partial charge < -0.3 is 29.5 Å². The number of nitrogens with one attached hydrogen (secondary N) is 1.